The SMILES string of the molecule is NC1(CO)CCN(c2ccc(Br)cc2)CC1. The summed E-state index contributed by atoms with van der Waals surface area (Å²) in [5.74, 6) is 0. The third kappa shape index (κ3) is 2.56. The standard InChI is InChI=1S/C12H17BrN2O/c13-10-1-3-11(4-2-10)15-7-5-12(14,9-16)6-8-15/h1-4,16H,5-9,14H2. The largest absolute Gasteiger partial charge is 0.394 e. The molecule has 0 aromatic heterocycles. The molecule has 3 nitrogen and oxygen atoms in total. The van der Waals surface area contributed by atoms with E-state index in [-0.39, 0.29) is 12.1 Å². The van der Waals surface area contributed by atoms with Gasteiger partial charge in [0.2, 0.25) is 0 Å². The van der Waals surface area contributed by atoms with E-state index < -0.39 is 0 Å². The van der Waals surface area contributed by atoms with E-state index in [0.29, 0.717) is 0 Å². The van der Waals surface area contributed by atoms with E-state index in [4.69, 9.17) is 5.73 Å². The Morgan fingerprint density at radius 1 is 1.25 bits per heavy atom. The summed E-state index contributed by atoms with van der Waals surface area (Å²) in [7, 11) is 0. The lowest BCUT2D eigenvalue weighted by Gasteiger charge is -2.39. The number of rotatable bonds is 2. The van der Waals surface area contributed by atoms with Gasteiger partial charge in [-0.3, -0.25) is 0 Å². The van der Waals surface area contributed by atoms with Gasteiger partial charge in [0.25, 0.3) is 0 Å². The van der Waals surface area contributed by atoms with Gasteiger partial charge in [0.05, 0.1) is 6.61 Å². The van der Waals surface area contributed by atoms with Crippen molar-refractivity contribution < 1.29 is 5.11 Å². The number of nitrogens with zero attached hydrogens (tertiary/aromatic N) is 1. The molecule has 0 spiro atoms. The Morgan fingerprint density at radius 2 is 1.81 bits per heavy atom. The Labute approximate surface area is 104 Å². The Bertz CT molecular complexity index is 345. The van der Waals surface area contributed by atoms with Crippen molar-refractivity contribution >= 4 is 21.6 Å². The minimum absolute atomic E-state index is 0.0845. The van der Waals surface area contributed by atoms with Crippen LogP contribution in [0.1, 0.15) is 12.8 Å². The van der Waals surface area contributed by atoms with Crippen LogP contribution in [-0.4, -0.2) is 30.3 Å². The van der Waals surface area contributed by atoms with Crippen molar-refractivity contribution in [1.82, 2.24) is 0 Å². The molecule has 1 aromatic rings. The van der Waals surface area contributed by atoms with Gasteiger partial charge in [-0.15, -0.1) is 0 Å². The average molecular weight is 285 g/mol. The molecular formula is C12H17BrN2O. The minimum Gasteiger partial charge on any atom is -0.394 e. The van der Waals surface area contributed by atoms with E-state index >= 15 is 0 Å². The van der Waals surface area contributed by atoms with E-state index in [0.717, 1.165) is 30.4 Å². The summed E-state index contributed by atoms with van der Waals surface area (Å²) in [6.07, 6.45) is 1.69. The number of halogens is 1. The van der Waals surface area contributed by atoms with E-state index in [1.165, 1.54) is 5.69 Å². The fourth-order valence-corrected chi connectivity index (χ4v) is 2.28. The van der Waals surface area contributed by atoms with Gasteiger partial charge in [-0.2, -0.15) is 0 Å². The fraction of sp³-hybridized carbons (Fsp3) is 0.500. The summed E-state index contributed by atoms with van der Waals surface area (Å²) in [5, 5.41) is 9.19. The molecule has 16 heavy (non-hydrogen) atoms. The van der Waals surface area contributed by atoms with Crippen LogP contribution in [0.3, 0.4) is 0 Å². The molecule has 88 valence electrons. The number of aliphatic hydroxyl groups is 1. The number of hydrogen-bond donors (Lipinski definition) is 2. The normalized spacial score (nSPS) is 19.8. The number of aliphatic hydroxyl groups excluding tert-OH is 1. The molecule has 0 amide bonds. The first-order valence-corrected chi connectivity index (χ1v) is 6.32. The molecule has 1 aliphatic heterocycles. The third-order valence-electron chi connectivity index (χ3n) is 3.27. The van der Waals surface area contributed by atoms with Gasteiger partial charge in [-0.05, 0) is 37.1 Å². The summed E-state index contributed by atoms with van der Waals surface area (Å²) in [4.78, 5) is 2.31. The Balaban J connectivity index is 2.01. The van der Waals surface area contributed by atoms with Gasteiger partial charge in [0.1, 0.15) is 0 Å². The molecule has 0 aliphatic carbocycles. The summed E-state index contributed by atoms with van der Waals surface area (Å²) < 4.78 is 1.09. The first kappa shape index (κ1) is 11.9. The van der Waals surface area contributed by atoms with Crippen molar-refractivity contribution in [3.05, 3.63) is 28.7 Å². The third-order valence-corrected chi connectivity index (χ3v) is 3.79. The lowest BCUT2D eigenvalue weighted by atomic mass is 9.89. The van der Waals surface area contributed by atoms with Crippen LogP contribution < -0.4 is 10.6 Å². The highest BCUT2D eigenvalue weighted by Gasteiger charge is 2.29. The van der Waals surface area contributed by atoms with Crippen LogP contribution in [0.5, 0.6) is 0 Å². The molecule has 1 fully saturated rings. The maximum atomic E-state index is 9.19. The van der Waals surface area contributed by atoms with Crippen LogP contribution in [-0.2, 0) is 0 Å². The Kier molecular flexibility index (Phi) is 3.52. The summed E-state index contributed by atoms with van der Waals surface area (Å²) in [6, 6.07) is 8.30. The summed E-state index contributed by atoms with van der Waals surface area (Å²) >= 11 is 3.43. The monoisotopic (exact) mass is 284 g/mol. The van der Waals surface area contributed by atoms with Crippen molar-refractivity contribution in [1.29, 1.82) is 0 Å². The molecule has 1 aromatic carbocycles. The molecule has 3 N–H and O–H groups in total. The molecule has 0 atom stereocenters. The van der Waals surface area contributed by atoms with Crippen LogP contribution in [0, 0.1) is 0 Å². The highest BCUT2D eigenvalue weighted by Crippen LogP contribution is 2.25. The highest BCUT2D eigenvalue weighted by molar-refractivity contribution is 9.10. The second kappa shape index (κ2) is 4.73. The van der Waals surface area contributed by atoms with Crippen LogP contribution in [0.15, 0.2) is 28.7 Å². The number of hydrogen-bond acceptors (Lipinski definition) is 3. The lowest BCUT2D eigenvalue weighted by molar-refractivity contribution is 0.170. The molecule has 0 saturated carbocycles. The van der Waals surface area contributed by atoms with Crippen molar-refractivity contribution in [3.8, 4) is 0 Å². The molecule has 0 unspecified atom stereocenters. The van der Waals surface area contributed by atoms with E-state index in [1.54, 1.807) is 0 Å². The zero-order chi connectivity index (χ0) is 11.6. The zero-order valence-electron chi connectivity index (χ0n) is 9.19. The van der Waals surface area contributed by atoms with Crippen LogP contribution in [0.4, 0.5) is 5.69 Å². The van der Waals surface area contributed by atoms with E-state index in [2.05, 4.69) is 33.0 Å². The van der Waals surface area contributed by atoms with Gasteiger partial charge in [0.15, 0.2) is 0 Å². The molecular weight excluding hydrogens is 268 g/mol. The van der Waals surface area contributed by atoms with Crippen molar-refractivity contribution in [2.24, 2.45) is 5.73 Å². The summed E-state index contributed by atoms with van der Waals surface area (Å²) in [6.45, 7) is 1.92. The lowest BCUT2D eigenvalue weighted by Crippen LogP contribution is -2.52. The molecule has 1 aliphatic rings. The zero-order valence-corrected chi connectivity index (χ0v) is 10.8. The van der Waals surface area contributed by atoms with Gasteiger partial charge in [-0.1, -0.05) is 15.9 Å². The maximum Gasteiger partial charge on any atom is 0.0612 e. The Hall–Kier alpha value is -0.580. The second-order valence-electron chi connectivity index (χ2n) is 4.48. The second-order valence-corrected chi connectivity index (χ2v) is 5.40. The van der Waals surface area contributed by atoms with E-state index in [1.807, 2.05) is 12.1 Å². The molecule has 0 bridgehead atoms. The van der Waals surface area contributed by atoms with Crippen molar-refractivity contribution in [2.75, 3.05) is 24.6 Å². The predicted octanol–water partition coefficient (Wildman–Crippen LogP) is 1.74. The van der Waals surface area contributed by atoms with E-state index in [9.17, 15) is 5.11 Å². The van der Waals surface area contributed by atoms with Crippen molar-refractivity contribution in [2.45, 2.75) is 18.4 Å². The van der Waals surface area contributed by atoms with Gasteiger partial charge in [0, 0.05) is 28.8 Å². The molecule has 1 heterocycles. The van der Waals surface area contributed by atoms with Crippen LogP contribution in [0.2, 0.25) is 0 Å². The topological polar surface area (TPSA) is 49.5 Å². The number of piperidine rings is 1. The van der Waals surface area contributed by atoms with Gasteiger partial charge < -0.3 is 15.7 Å². The van der Waals surface area contributed by atoms with Crippen LogP contribution in [0.25, 0.3) is 0 Å². The first-order valence-electron chi connectivity index (χ1n) is 5.53. The molecule has 0 radical (unpaired) electrons. The average Bonchev–Trinajstić information content (AvgIpc) is 2.32. The Morgan fingerprint density at radius 3 is 2.31 bits per heavy atom. The number of anilines is 1. The molecule has 2 rings (SSSR count). The van der Waals surface area contributed by atoms with Crippen molar-refractivity contribution in [3.63, 3.8) is 0 Å². The molecule has 4 heteroatoms. The molecule has 1 saturated heterocycles. The smallest absolute Gasteiger partial charge is 0.0612 e. The van der Waals surface area contributed by atoms with Crippen LogP contribution >= 0.6 is 15.9 Å². The number of nitrogens with two attached hydrogens (primary N) is 1. The first-order chi connectivity index (χ1) is 7.63. The van der Waals surface area contributed by atoms with Gasteiger partial charge >= 0.3 is 0 Å². The quantitative estimate of drug-likeness (QED) is 0.870. The maximum absolute atomic E-state index is 9.19. The summed E-state index contributed by atoms with van der Waals surface area (Å²) in [5.41, 5.74) is 6.89. The fourth-order valence-electron chi connectivity index (χ4n) is 2.02. The highest BCUT2D eigenvalue weighted by atomic mass is 79.9. The minimum atomic E-state index is -0.369. The predicted molar refractivity (Wildman–Crippen MR) is 69.6 cm³/mol. The van der Waals surface area contributed by atoms with Gasteiger partial charge in [-0.25, -0.2) is 0 Å². The number of benzene rings is 1.